The molecule has 0 aliphatic carbocycles. The summed E-state index contributed by atoms with van der Waals surface area (Å²) in [6.07, 6.45) is 1.90. The largest absolute Gasteiger partial charge is 0.493 e. The van der Waals surface area contributed by atoms with E-state index in [1.807, 2.05) is 42.6 Å². The molecule has 4 rings (SSSR count). The Labute approximate surface area is 193 Å². The molecule has 4 aromatic rings. The van der Waals surface area contributed by atoms with Crippen molar-refractivity contribution in [1.82, 2.24) is 14.9 Å². The summed E-state index contributed by atoms with van der Waals surface area (Å²) in [4.78, 5) is 18.1. The number of hydrogen-bond donors (Lipinski definition) is 1. The molecule has 2 aromatic heterocycles. The molecule has 1 amide bonds. The summed E-state index contributed by atoms with van der Waals surface area (Å²) in [5, 5.41) is 5.01. The molecule has 1 N–H and O–H groups in total. The van der Waals surface area contributed by atoms with E-state index in [4.69, 9.17) is 9.72 Å². The van der Waals surface area contributed by atoms with Crippen LogP contribution in [0, 0.1) is 13.8 Å². The molecule has 0 fully saturated rings. The van der Waals surface area contributed by atoms with Crippen LogP contribution in [0.25, 0.3) is 11.0 Å². The maximum atomic E-state index is 12.6. The minimum atomic E-state index is -0.192. The lowest BCUT2D eigenvalue weighted by atomic mass is 10.1. The summed E-state index contributed by atoms with van der Waals surface area (Å²) in [6.45, 7) is 7.66. The van der Waals surface area contributed by atoms with Crippen LogP contribution < -0.4 is 10.1 Å². The standard InChI is InChI=1S/C26H29N3O2S/c1-18-10-8-11-19(2)24(18)31-16-7-6-15-29-22-13-5-4-12-21(22)28-25(29)20(3)27-26(30)23-14-9-17-32-23/h4-5,8-14,17,20H,6-7,15-16H2,1-3H3,(H,27,30). The highest BCUT2D eigenvalue weighted by Gasteiger charge is 2.19. The fraction of sp³-hybridized carbons (Fsp3) is 0.308. The van der Waals surface area contributed by atoms with Crippen molar-refractivity contribution in [2.45, 2.75) is 46.2 Å². The zero-order valence-electron chi connectivity index (χ0n) is 18.8. The Morgan fingerprint density at radius 3 is 2.59 bits per heavy atom. The number of unbranched alkanes of at least 4 members (excludes halogenated alkanes) is 1. The van der Waals surface area contributed by atoms with Gasteiger partial charge in [-0.15, -0.1) is 11.3 Å². The average Bonchev–Trinajstić information content (AvgIpc) is 3.44. The second-order valence-electron chi connectivity index (χ2n) is 8.06. The van der Waals surface area contributed by atoms with Gasteiger partial charge < -0.3 is 14.6 Å². The van der Waals surface area contributed by atoms with Gasteiger partial charge in [0.25, 0.3) is 5.91 Å². The number of rotatable bonds is 9. The molecule has 0 radical (unpaired) electrons. The van der Waals surface area contributed by atoms with Gasteiger partial charge in [-0.2, -0.15) is 0 Å². The van der Waals surface area contributed by atoms with Gasteiger partial charge in [-0.1, -0.05) is 36.4 Å². The number of fused-ring (bicyclic) bond motifs is 1. The molecule has 0 aliphatic rings. The molecule has 32 heavy (non-hydrogen) atoms. The monoisotopic (exact) mass is 447 g/mol. The predicted molar refractivity (Wildman–Crippen MR) is 131 cm³/mol. The fourth-order valence-corrected chi connectivity index (χ4v) is 4.60. The highest BCUT2D eigenvalue weighted by atomic mass is 32.1. The second-order valence-corrected chi connectivity index (χ2v) is 9.01. The van der Waals surface area contributed by atoms with Crippen molar-refractivity contribution >= 4 is 28.3 Å². The molecule has 1 atom stereocenters. The van der Waals surface area contributed by atoms with Crippen molar-refractivity contribution < 1.29 is 9.53 Å². The van der Waals surface area contributed by atoms with Gasteiger partial charge in [0.05, 0.1) is 28.6 Å². The van der Waals surface area contributed by atoms with Gasteiger partial charge in [0.2, 0.25) is 0 Å². The maximum Gasteiger partial charge on any atom is 0.261 e. The number of nitrogens with one attached hydrogen (secondary N) is 1. The van der Waals surface area contributed by atoms with Crippen LogP contribution in [0.4, 0.5) is 0 Å². The number of nitrogens with zero attached hydrogens (tertiary/aromatic N) is 2. The minimum absolute atomic E-state index is 0.0619. The Morgan fingerprint density at radius 2 is 1.84 bits per heavy atom. The van der Waals surface area contributed by atoms with Gasteiger partial charge in [-0.3, -0.25) is 4.79 Å². The van der Waals surface area contributed by atoms with E-state index in [-0.39, 0.29) is 11.9 Å². The summed E-state index contributed by atoms with van der Waals surface area (Å²) < 4.78 is 8.30. The first-order valence-corrected chi connectivity index (χ1v) is 11.9. The summed E-state index contributed by atoms with van der Waals surface area (Å²) in [7, 11) is 0. The number of hydrogen-bond acceptors (Lipinski definition) is 4. The molecule has 0 saturated carbocycles. The van der Waals surface area contributed by atoms with Gasteiger partial charge in [-0.25, -0.2) is 4.98 Å². The van der Waals surface area contributed by atoms with E-state index in [0.717, 1.165) is 42.0 Å². The highest BCUT2D eigenvalue weighted by Crippen LogP contribution is 2.24. The number of benzene rings is 2. The third-order valence-electron chi connectivity index (χ3n) is 5.60. The molecule has 2 heterocycles. The second kappa shape index (κ2) is 10.0. The Hall–Kier alpha value is -3.12. The number of carbonyl (C=O) groups is 1. The summed E-state index contributed by atoms with van der Waals surface area (Å²) in [6, 6.07) is 17.9. The molecule has 6 heteroatoms. The van der Waals surface area contributed by atoms with Gasteiger partial charge in [0.15, 0.2) is 0 Å². The third kappa shape index (κ3) is 4.86. The molecule has 1 unspecified atom stereocenters. The summed E-state index contributed by atoms with van der Waals surface area (Å²) in [5.41, 5.74) is 4.38. The van der Waals surface area contributed by atoms with E-state index >= 15 is 0 Å². The minimum Gasteiger partial charge on any atom is -0.493 e. The van der Waals surface area contributed by atoms with Crippen molar-refractivity contribution in [3.05, 3.63) is 81.8 Å². The molecular weight excluding hydrogens is 418 g/mol. The topological polar surface area (TPSA) is 56.1 Å². The lowest BCUT2D eigenvalue weighted by Gasteiger charge is -2.16. The number of carbonyl (C=O) groups excluding carboxylic acids is 1. The Morgan fingerprint density at radius 1 is 1.06 bits per heavy atom. The predicted octanol–water partition coefficient (Wildman–Crippen LogP) is 6.06. The van der Waals surface area contributed by atoms with Gasteiger partial charge in [0, 0.05) is 6.54 Å². The van der Waals surface area contributed by atoms with Gasteiger partial charge in [-0.05, 0) is 68.3 Å². The zero-order chi connectivity index (χ0) is 22.5. The maximum absolute atomic E-state index is 12.6. The van der Waals surface area contributed by atoms with Crippen LogP contribution in [0.15, 0.2) is 60.0 Å². The van der Waals surface area contributed by atoms with Gasteiger partial charge >= 0.3 is 0 Å². The van der Waals surface area contributed by atoms with Crippen molar-refractivity contribution in [2.75, 3.05) is 6.61 Å². The Balaban J connectivity index is 1.43. The quantitative estimate of drug-likeness (QED) is 0.317. The van der Waals surface area contributed by atoms with E-state index in [0.29, 0.717) is 11.5 Å². The molecule has 0 spiro atoms. The lowest BCUT2D eigenvalue weighted by Crippen LogP contribution is -2.28. The van der Waals surface area contributed by atoms with Crippen molar-refractivity contribution in [3.63, 3.8) is 0 Å². The van der Waals surface area contributed by atoms with Crippen LogP contribution in [-0.2, 0) is 6.54 Å². The van der Waals surface area contributed by atoms with E-state index < -0.39 is 0 Å². The molecule has 0 bridgehead atoms. The molecular formula is C26H29N3O2S. The molecule has 0 saturated heterocycles. The smallest absolute Gasteiger partial charge is 0.261 e. The van der Waals surface area contributed by atoms with E-state index in [1.54, 1.807) is 0 Å². The van der Waals surface area contributed by atoms with E-state index in [1.165, 1.54) is 22.5 Å². The number of para-hydroxylation sites is 3. The molecule has 166 valence electrons. The molecule has 0 aliphatic heterocycles. The lowest BCUT2D eigenvalue weighted by molar-refractivity contribution is 0.0941. The molecule has 2 aromatic carbocycles. The number of thiophene rings is 1. The first-order chi connectivity index (χ1) is 15.5. The SMILES string of the molecule is Cc1cccc(C)c1OCCCCn1c(C(C)NC(=O)c2cccs2)nc2ccccc21. The summed E-state index contributed by atoms with van der Waals surface area (Å²) >= 11 is 1.44. The number of imidazole rings is 1. The van der Waals surface area contributed by atoms with E-state index in [2.05, 4.69) is 48.0 Å². The van der Waals surface area contributed by atoms with Crippen LogP contribution in [0.2, 0.25) is 0 Å². The Bertz CT molecular complexity index is 1180. The van der Waals surface area contributed by atoms with Gasteiger partial charge in [0.1, 0.15) is 11.6 Å². The average molecular weight is 448 g/mol. The fourth-order valence-electron chi connectivity index (χ4n) is 3.97. The van der Waals surface area contributed by atoms with E-state index in [9.17, 15) is 4.79 Å². The Kier molecular flexibility index (Phi) is 6.90. The first-order valence-electron chi connectivity index (χ1n) is 11.0. The zero-order valence-corrected chi connectivity index (χ0v) is 19.6. The number of aromatic nitrogens is 2. The number of ether oxygens (including phenoxy) is 1. The normalized spacial score (nSPS) is 12.1. The van der Waals surface area contributed by atoms with Crippen LogP contribution in [0.3, 0.4) is 0 Å². The van der Waals surface area contributed by atoms with Crippen molar-refractivity contribution in [3.8, 4) is 5.75 Å². The summed E-state index contributed by atoms with van der Waals surface area (Å²) in [5.74, 6) is 1.81. The first kappa shape index (κ1) is 22.1. The van der Waals surface area contributed by atoms with Crippen LogP contribution >= 0.6 is 11.3 Å². The number of amides is 1. The number of aryl methyl sites for hydroxylation is 3. The van der Waals surface area contributed by atoms with Crippen molar-refractivity contribution in [1.29, 1.82) is 0 Å². The van der Waals surface area contributed by atoms with Crippen LogP contribution in [0.5, 0.6) is 5.75 Å². The van der Waals surface area contributed by atoms with Crippen LogP contribution in [0.1, 0.15) is 52.4 Å². The van der Waals surface area contributed by atoms with Crippen molar-refractivity contribution in [2.24, 2.45) is 0 Å². The van der Waals surface area contributed by atoms with Crippen LogP contribution in [-0.4, -0.2) is 22.1 Å². The highest BCUT2D eigenvalue weighted by molar-refractivity contribution is 7.12. The molecule has 5 nitrogen and oxygen atoms in total. The third-order valence-corrected chi connectivity index (χ3v) is 6.46.